The van der Waals surface area contributed by atoms with Gasteiger partial charge in [-0.3, -0.25) is 77.9 Å². The summed E-state index contributed by atoms with van der Waals surface area (Å²) < 4.78 is 28.4. The first kappa shape index (κ1) is 111. The van der Waals surface area contributed by atoms with Gasteiger partial charge in [-0.05, 0) is 167 Å². The van der Waals surface area contributed by atoms with E-state index in [0.717, 1.165) is 41.5 Å². The highest BCUT2D eigenvalue weighted by Gasteiger charge is 2.38. The molecule has 1 aliphatic carbocycles. The van der Waals surface area contributed by atoms with E-state index in [0.29, 0.717) is 27.8 Å². The number of ether oxygens (including phenoxy) is 5. The van der Waals surface area contributed by atoms with Crippen molar-refractivity contribution in [2.75, 3.05) is 33.9 Å². The average Bonchev–Trinajstić information content (AvgIpc) is 1.61. The number of hydrogen-bond donors (Lipinski definition) is 22. The molecule has 1 aliphatic rings. The van der Waals surface area contributed by atoms with Crippen LogP contribution in [0.5, 0.6) is 40.2 Å². The largest absolute Gasteiger partial charge is 0.508 e. The van der Waals surface area contributed by atoms with Gasteiger partial charge in [-0.2, -0.15) is 0 Å². The number of primary amides is 3. The molecule has 27 N–H and O–H groups in total. The molecule has 42 heteroatoms. The van der Waals surface area contributed by atoms with E-state index in [1.807, 2.05) is 48.5 Å². The van der Waals surface area contributed by atoms with Gasteiger partial charge in [0.1, 0.15) is 84.3 Å². The number of nitrogens with one attached hydrogen (secondary N) is 14. The molecule has 0 aliphatic heterocycles. The summed E-state index contributed by atoms with van der Waals surface area (Å²) in [4.78, 5) is 214. The summed E-state index contributed by atoms with van der Waals surface area (Å²) in [6.07, 6.45) is -4.90. The van der Waals surface area contributed by atoms with Crippen LogP contribution in [0.1, 0.15) is 123 Å². The smallest absolute Gasteiger partial charge is 0.407 e. The van der Waals surface area contributed by atoms with Crippen molar-refractivity contribution in [3.63, 3.8) is 0 Å². The lowest BCUT2D eigenvalue weighted by Crippen LogP contribution is -2.58. The molecule has 780 valence electrons. The second-order valence-corrected chi connectivity index (χ2v) is 35.1. The second kappa shape index (κ2) is 54.9. The van der Waals surface area contributed by atoms with Crippen LogP contribution in [0.25, 0.3) is 11.1 Å². The van der Waals surface area contributed by atoms with Crippen molar-refractivity contribution < 1.29 is 111 Å². The molecule has 42 nitrogen and oxygen atoms in total. The Morgan fingerprint density at radius 3 is 1.01 bits per heavy atom. The molecule has 149 heavy (non-hydrogen) atoms. The Bertz CT molecular complexity index is 6390. The number of amides is 13. The van der Waals surface area contributed by atoms with Gasteiger partial charge in [-0.1, -0.05) is 176 Å². The van der Waals surface area contributed by atoms with E-state index >= 15 is 14.4 Å². The molecule has 10 aromatic rings. The first-order valence-corrected chi connectivity index (χ1v) is 47.7. The van der Waals surface area contributed by atoms with Crippen LogP contribution in [0, 0.1) is 10.8 Å². The molecule has 10 aromatic carbocycles. The van der Waals surface area contributed by atoms with Gasteiger partial charge in [0.05, 0.1) is 14.2 Å². The minimum atomic E-state index is -1.79. The Labute approximate surface area is 856 Å². The van der Waals surface area contributed by atoms with Crippen molar-refractivity contribution in [2.45, 2.75) is 156 Å². The van der Waals surface area contributed by atoms with E-state index in [4.69, 9.17) is 63.2 Å². The number of esters is 2. The first-order valence-electron chi connectivity index (χ1n) is 47.7. The third-order valence-corrected chi connectivity index (χ3v) is 24.2. The molecule has 10 atom stereocenters. The number of phenols is 3. The Kier molecular flexibility index (Phi) is 40.9. The van der Waals surface area contributed by atoms with Crippen molar-refractivity contribution in [2.24, 2.45) is 28.7 Å². The zero-order valence-electron chi connectivity index (χ0n) is 81.4. The number of rotatable bonds is 54. The monoisotopic (exact) mass is 2040 g/mol. The maximum absolute atomic E-state index is 15.2. The lowest BCUT2D eigenvalue weighted by molar-refractivity contribution is -0.137. The summed E-state index contributed by atoms with van der Waals surface area (Å²) in [5.74, 6) is -16.0. The number of benzene rings is 10. The molecule has 11 rings (SSSR count). The van der Waals surface area contributed by atoms with Crippen molar-refractivity contribution in [3.8, 4) is 51.4 Å². The van der Waals surface area contributed by atoms with Crippen molar-refractivity contribution in [1.29, 1.82) is 10.8 Å². The number of carbonyl (C=O) groups excluding carboxylic acids is 15. The molecular weight excluding hydrogens is 1920 g/mol. The SMILES string of the molecule is COc1cc(C(=O)N[C@@H](Cc2ccc(O)cc2)C(=O)N[C@@H](CCC(=O)Oc2ccc(C[C@H](NC(=O)c3ccc(OC(=O)CC[C@H](NC(=O)[C@H](Cc4ccc(O)cc4)NC(=O)OCC4c5ccccc5-c5ccccc54)C(=O)N[C@@H](CCCNC(=N)N)C(=O)N[C@@H](Cc4ccccc4)C(N)=O)c(OC)c3)C(=O)N[C@@H](CCCNC(=N)N)C(=O)N[C@@H](Cc3ccccc3)C(N)=O)cc2)C(=O)N[C@@H](Cc2ccccc2)C(N)=O)ccc1O. The Morgan fingerprint density at radius 1 is 0.322 bits per heavy atom. The lowest BCUT2D eigenvalue weighted by Gasteiger charge is -2.26. The van der Waals surface area contributed by atoms with E-state index in [1.165, 1.54) is 104 Å². The molecule has 0 saturated carbocycles. The summed E-state index contributed by atoms with van der Waals surface area (Å²) in [6.45, 7) is -0.149. The number of carbonyl (C=O) groups is 15. The number of methoxy groups -OCH3 is 2. The molecule has 0 unspecified atom stereocenters. The molecule has 13 amide bonds. The average molecular weight is 2040 g/mol. The van der Waals surface area contributed by atoms with Crippen LogP contribution in [0.3, 0.4) is 0 Å². The van der Waals surface area contributed by atoms with Gasteiger partial charge >= 0.3 is 18.0 Å². The van der Waals surface area contributed by atoms with Gasteiger partial charge in [0.15, 0.2) is 34.9 Å². The minimum Gasteiger partial charge on any atom is -0.508 e. The number of hydrogen-bond acceptors (Lipinski definition) is 25. The Hall–Kier alpha value is -18.4. The summed E-state index contributed by atoms with van der Waals surface area (Å²) in [7, 11) is 2.43. The predicted molar refractivity (Wildman–Crippen MR) is 545 cm³/mol. The molecule has 0 aromatic heterocycles. The topological polar surface area (TPSA) is 685 Å². The van der Waals surface area contributed by atoms with E-state index in [-0.39, 0.29) is 134 Å². The molecule has 0 heterocycles. The van der Waals surface area contributed by atoms with E-state index < -0.39 is 199 Å². The highest BCUT2D eigenvalue weighted by atomic mass is 16.6. The van der Waals surface area contributed by atoms with Gasteiger partial charge in [0.25, 0.3) is 11.8 Å². The van der Waals surface area contributed by atoms with Gasteiger partial charge < -0.3 is 131 Å². The molecule has 0 bridgehead atoms. The summed E-state index contributed by atoms with van der Waals surface area (Å²) >= 11 is 0. The van der Waals surface area contributed by atoms with Crippen molar-refractivity contribution in [1.82, 2.24) is 63.8 Å². The fourth-order valence-electron chi connectivity index (χ4n) is 16.4. The van der Waals surface area contributed by atoms with Crippen LogP contribution in [0.2, 0.25) is 0 Å². The normalized spacial score (nSPS) is 13.2. The number of fused-ring (bicyclic) bond motifs is 3. The number of alkyl carbamates (subject to hydrolysis) is 1. The molecule has 0 saturated heterocycles. The summed E-state index contributed by atoms with van der Waals surface area (Å²) in [5, 5.41) is 77.8. The van der Waals surface area contributed by atoms with Gasteiger partial charge in [0.2, 0.25) is 59.1 Å². The van der Waals surface area contributed by atoms with Crippen LogP contribution >= 0.6 is 0 Å². The summed E-state index contributed by atoms with van der Waals surface area (Å²) in [5.41, 5.74) is 35.0. The van der Waals surface area contributed by atoms with Crippen LogP contribution in [0.15, 0.2) is 249 Å². The third-order valence-electron chi connectivity index (χ3n) is 24.2. The van der Waals surface area contributed by atoms with Crippen molar-refractivity contribution >= 4 is 101 Å². The Morgan fingerprint density at radius 2 is 0.638 bits per heavy atom. The molecule has 0 fully saturated rings. The van der Waals surface area contributed by atoms with E-state index in [1.54, 1.807) is 91.0 Å². The Balaban J connectivity index is 0.847. The molecular formula is C107H119N19O23. The number of nitrogens with two attached hydrogens (primary N) is 5. The minimum absolute atomic E-state index is 0.0127. The maximum Gasteiger partial charge on any atom is 0.407 e. The van der Waals surface area contributed by atoms with Crippen LogP contribution < -0.4 is 111 Å². The number of aromatic hydroxyl groups is 3. The quantitative estimate of drug-likeness (QED) is 0.00846. The lowest BCUT2D eigenvalue weighted by atomic mass is 9.98. The maximum atomic E-state index is 15.2. The number of phenolic OH excluding ortho intramolecular Hbond substituents is 3. The fraction of sp³-hybridized carbons (Fsp3) is 0.280. The summed E-state index contributed by atoms with van der Waals surface area (Å²) in [6, 6.07) is 49.7. The van der Waals surface area contributed by atoms with Crippen molar-refractivity contribution in [3.05, 3.63) is 304 Å². The second-order valence-electron chi connectivity index (χ2n) is 35.1. The highest BCUT2D eigenvalue weighted by molar-refractivity contribution is 6.02. The van der Waals surface area contributed by atoms with Crippen LogP contribution in [0.4, 0.5) is 4.79 Å². The highest BCUT2D eigenvalue weighted by Crippen LogP contribution is 2.45. The van der Waals surface area contributed by atoms with E-state index in [9.17, 15) is 72.9 Å². The zero-order chi connectivity index (χ0) is 107. The predicted octanol–water partition coefficient (Wildman–Crippen LogP) is 3.83. The molecule has 0 radical (unpaired) electrons. The number of guanidine groups is 2. The van der Waals surface area contributed by atoms with Gasteiger partial charge in [0, 0.05) is 81.5 Å². The standard InChI is InChI=1S/C107H119N19O23/c1-145-89-58-67(36-46-87(89)129)96(135)124-84(55-64-30-38-69(127)39-31-64)103(142)119-80(101(140)123-83(95(110)134)54-63-22-10-5-11-23-63)44-48-91(130)148-71-42-34-66(35-43-71)56-85(102(141)118-78(29-17-51-116-106(113)114)99(138)122-82(94(109)133)53-62-20-8-4-9-21-62)125-97(136)68-37-47-88(90(59-68)146-2)149-92(131)49-45-79(100(139)117-77(28-16-50-115-105(111)112)98(137)121-81(93(108)132)52-61-18-6-3-7-19-61)120-104(143)86(57-65-32-40-70(128)41-33-65)126-107(144)147-60-76-74-26-14-12-24-72(74)73-25-13-15-27-75(73)76/h3-15,18-27,30-43,46-47,58-59,76-86,127-129H,16-17,28-29,44-45,48-57,60H2,1-2H3,(H2,108,132)(H2,109,133)(H2,110,134)(H,117,139)(H,118,141)(H,119,142)(H,120,143)(H,121,137)(H,122,138)(H,123,140)(H,124,135)(H,125,136)(H,126,144)(H4,111,112,115)(H4,113,114,116)/t77-,78-,79-,80-,81-,82-,83-,84-,85-,86-/m0/s1. The first-order chi connectivity index (χ1) is 71.5. The van der Waals surface area contributed by atoms with Gasteiger partial charge in [-0.15, -0.1) is 0 Å². The molecule has 0 spiro atoms. The van der Waals surface area contributed by atoms with Crippen LogP contribution in [-0.2, 0) is 101 Å². The fourth-order valence-corrected chi connectivity index (χ4v) is 16.4. The third kappa shape index (κ3) is 34.1. The van der Waals surface area contributed by atoms with Gasteiger partial charge in [-0.25, -0.2) is 4.79 Å². The zero-order valence-corrected chi connectivity index (χ0v) is 81.4. The van der Waals surface area contributed by atoms with Crippen LogP contribution in [-0.4, -0.2) is 210 Å². The van der Waals surface area contributed by atoms with E-state index in [2.05, 4.69) is 63.8 Å².